The number of hydrogen-bond donors (Lipinski definition) is 1. The number of rotatable bonds is 7. The summed E-state index contributed by atoms with van der Waals surface area (Å²) in [5.41, 5.74) is 1.03. The van der Waals surface area contributed by atoms with Gasteiger partial charge in [0.15, 0.2) is 8.32 Å². The van der Waals surface area contributed by atoms with Crippen LogP contribution in [0.3, 0.4) is 0 Å². The van der Waals surface area contributed by atoms with Gasteiger partial charge in [0, 0.05) is 0 Å². The van der Waals surface area contributed by atoms with E-state index in [1.807, 2.05) is 13.8 Å². The Morgan fingerprint density at radius 3 is 1.85 bits per heavy atom. The molecule has 3 heteroatoms. The van der Waals surface area contributed by atoms with Crippen molar-refractivity contribution < 1.29 is 9.53 Å². The van der Waals surface area contributed by atoms with Gasteiger partial charge in [0.2, 0.25) is 0 Å². The van der Waals surface area contributed by atoms with E-state index in [-0.39, 0.29) is 23.2 Å². The van der Waals surface area contributed by atoms with Crippen LogP contribution in [-0.4, -0.2) is 25.6 Å². The van der Waals surface area contributed by atoms with Crippen molar-refractivity contribution >= 4 is 8.32 Å². The van der Waals surface area contributed by atoms with Crippen molar-refractivity contribution in [3.63, 3.8) is 0 Å². The molecule has 0 aliphatic carbocycles. The predicted octanol–water partition coefficient (Wildman–Crippen LogP) is 5.00. The van der Waals surface area contributed by atoms with E-state index >= 15 is 0 Å². The molecule has 0 saturated heterocycles. The molecule has 0 aromatic rings. The minimum Gasteiger partial charge on any atom is -0.410 e. The lowest BCUT2D eigenvalue weighted by Crippen LogP contribution is -2.46. The molecule has 2 atom stereocenters. The van der Waals surface area contributed by atoms with Gasteiger partial charge in [-0.3, -0.25) is 0 Å². The molecule has 0 bridgehead atoms. The molecular weight excluding hydrogens is 264 g/mol. The highest BCUT2D eigenvalue weighted by molar-refractivity contribution is 6.74. The largest absolute Gasteiger partial charge is 0.410 e. The van der Waals surface area contributed by atoms with Gasteiger partial charge in [-0.15, -0.1) is 0 Å². The van der Waals surface area contributed by atoms with Crippen molar-refractivity contribution in [2.45, 2.75) is 85.2 Å². The summed E-state index contributed by atoms with van der Waals surface area (Å²) in [6, 6.07) is 0. The van der Waals surface area contributed by atoms with Gasteiger partial charge in [-0.25, -0.2) is 0 Å². The van der Waals surface area contributed by atoms with Crippen LogP contribution < -0.4 is 0 Å². The van der Waals surface area contributed by atoms with Crippen LogP contribution in [-0.2, 0) is 4.43 Å². The number of hydrogen-bond acceptors (Lipinski definition) is 2. The summed E-state index contributed by atoms with van der Waals surface area (Å²) in [5, 5.41) is 10.3. The second-order valence-electron chi connectivity index (χ2n) is 8.22. The van der Waals surface area contributed by atoms with Gasteiger partial charge in [0.1, 0.15) is 0 Å². The van der Waals surface area contributed by atoms with Crippen molar-refractivity contribution in [2.24, 2.45) is 11.8 Å². The molecule has 2 nitrogen and oxygen atoms in total. The molecule has 0 rings (SSSR count). The summed E-state index contributed by atoms with van der Waals surface area (Å²) in [6.07, 6.45) is 0.353. The second-order valence-corrected chi connectivity index (χ2v) is 13.0. The third-order valence-corrected chi connectivity index (χ3v) is 8.93. The van der Waals surface area contributed by atoms with Crippen LogP contribution in [0.4, 0.5) is 0 Å². The van der Waals surface area contributed by atoms with E-state index in [0.717, 1.165) is 5.57 Å². The van der Waals surface area contributed by atoms with Crippen LogP contribution >= 0.6 is 0 Å². The molecule has 0 aliphatic heterocycles. The molecule has 0 heterocycles. The maximum Gasteiger partial charge on any atom is 0.192 e. The Morgan fingerprint density at radius 2 is 1.55 bits per heavy atom. The fourth-order valence-corrected chi connectivity index (χ4v) is 3.23. The first-order valence-electron chi connectivity index (χ1n) is 7.83. The summed E-state index contributed by atoms with van der Waals surface area (Å²) >= 11 is 0. The number of aliphatic hydroxyl groups is 1. The minimum atomic E-state index is -1.81. The van der Waals surface area contributed by atoms with Crippen molar-refractivity contribution in [1.82, 2.24) is 0 Å². The lowest BCUT2D eigenvalue weighted by Gasteiger charge is -2.41. The molecule has 0 fully saturated rings. The Balaban J connectivity index is 4.96. The molecule has 0 radical (unpaired) electrons. The van der Waals surface area contributed by atoms with Crippen molar-refractivity contribution in [2.75, 3.05) is 0 Å². The van der Waals surface area contributed by atoms with E-state index in [2.05, 4.69) is 54.3 Å². The Morgan fingerprint density at radius 1 is 1.10 bits per heavy atom. The third-order valence-electron chi connectivity index (χ3n) is 4.48. The lowest BCUT2D eigenvalue weighted by atomic mass is 9.92. The van der Waals surface area contributed by atoms with E-state index in [4.69, 9.17) is 4.43 Å². The molecule has 0 aliphatic rings. The Labute approximate surface area is 127 Å². The van der Waals surface area contributed by atoms with Gasteiger partial charge in [-0.05, 0) is 42.0 Å². The quantitative estimate of drug-likeness (QED) is 0.530. The highest BCUT2D eigenvalue weighted by Gasteiger charge is 2.40. The van der Waals surface area contributed by atoms with Crippen LogP contribution in [0.2, 0.25) is 18.1 Å². The van der Waals surface area contributed by atoms with Crippen LogP contribution in [0.15, 0.2) is 12.2 Å². The van der Waals surface area contributed by atoms with Crippen molar-refractivity contribution in [3.05, 3.63) is 12.2 Å². The average Bonchev–Trinajstić information content (AvgIpc) is 2.23. The van der Waals surface area contributed by atoms with E-state index in [1.54, 1.807) is 0 Å². The van der Waals surface area contributed by atoms with Gasteiger partial charge in [-0.2, -0.15) is 0 Å². The van der Waals surface area contributed by atoms with Crippen molar-refractivity contribution in [3.8, 4) is 0 Å². The Bertz CT molecular complexity index is 313. The minimum absolute atomic E-state index is 0.0456. The van der Waals surface area contributed by atoms with E-state index < -0.39 is 8.32 Å². The zero-order valence-corrected chi connectivity index (χ0v) is 16.1. The fraction of sp³-hybridized carbons (Fsp3) is 0.882. The molecule has 0 saturated carbocycles. The van der Waals surface area contributed by atoms with Gasteiger partial charge >= 0.3 is 0 Å². The second kappa shape index (κ2) is 7.23. The van der Waals surface area contributed by atoms with E-state index in [9.17, 15) is 5.11 Å². The van der Waals surface area contributed by atoms with Crippen molar-refractivity contribution in [1.29, 1.82) is 0 Å². The normalized spacial score (nSPS) is 16.6. The van der Waals surface area contributed by atoms with E-state index in [1.165, 1.54) is 0 Å². The topological polar surface area (TPSA) is 29.5 Å². The molecular formula is C17H36O2Si. The Hall–Kier alpha value is -0.123. The molecule has 1 N–H and O–H groups in total. The molecule has 0 unspecified atom stereocenters. The zero-order valence-electron chi connectivity index (χ0n) is 15.1. The smallest absolute Gasteiger partial charge is 0.192 e. The number of aliphatic hydroxyl groups excluding tert-OH is 1. The first kappa shape index (κ1) is 19.9. The molecule has 0 aromatic heterocycles. The van der Waals surface area contributed by atoms with Gasteiger partial charge in [0.05, 0.1) is 12.2 Å². The average molecular weight is 301 g/mol. The van der Waals surface area contributed by atoms with Crippen LogP contribution in [0.5, 0.6) is 0 Å². The predicted molar refractivity (Wildman–Crippen MR) is 91.5 cm³/mol. The SMILES string of the molecule is C=C(C[C@H](O)C(C)C)[C@H](O[Si](C)(C)C(C)(C)C)C(C)C. The molecule has 120 valence electrons. The summed E-state index contributed by atoms with van der Waals surface area (Å²) in [5.74, 6) is 0.642. The first-order chi connectivity index (χ1) is 8.79. The highest BCUT2D eigenvalue weighted by Crippen LogP contribution is 2.39. The summed E-state index contributed by atoms with van der Waals surface area (Å²) in [6.45, 7) is 23.9. The maximum atomic E-state index is 10.1. The molecule has 0 amide bonds. The van der Waals surface area contributed by atoms with E-state index in [0.29, 0.717) is 12.3 Å². The third kappa shape index (κ3) is 5.70. The van der Waals surface area contributed by atoms with Gasteiger partial charge < -0.3 is 9.53 Å². The zero-order chi connectivity index (χ0) is 16.3. The van der Waals surface area contributed by atoms with Gasteiger partial charge in [0.25, 0.3) is 0 Å². The monoisotopic (exact) mass is 300 g/mol. The van der Waals surface area contributed by atoms with Crippen LogP contribution in [0.25, 0.3) is 0 Å². The summed E-state index contributed by atoms with van der Waals surface area (Å²) in [4.78, 5) is 0. The van der Waals surface area contributed by atoms with Crippen LogP contribution in [0.1, 0.15) is 54.9 Å². The first-order valence-corrected chi connectivity index (χ1v) is 10.7. The molecule has 20 heavy (non-hydrogen) atoms. The lowest BCUT2D eigenvalue weighted by molar-refractivity contribution is 0.106. The molecule has 0 spiro atoms. The Kier molecular flexibility index (Phi) is 7.19. The van der Waals surface area contributed by atoms with Gasteiger partial charge in [-0.1, -0.05) is 55.0 Å². The summed E-state index contributed by atoms with van der Waals surface area (Å²) < 4.78 is 6.53. The summed E-state index contributed by atoms with van der Waals surface area (Å²) in [7, 11) is -1.81. The molecule has 0 aromatic carbocycles. The standard InChI is InChI=1S/C17H36O2Si/c1-12(2)15(18)11-14(5)16(13(3)4)19-20(9,10)17(6,7)8/h12-13,15-16,18H,5,11H2,1-4,6-10H3/t15-,16+/m0/s1. The maximum absolute atomic E-state index is 10.1. The highest BCUT2D eigenvalue weighted by atomic mass is 28.4. The van der Waals surface area contributed by atoms with Crippen LogP contribution in [0, 0.1) is 11.8 Å². The fourth-order valence-electron chi connectivity index (χ4n) is 1.81.